The second-order valence-electron chi connectivity index (χ2n) is 10.2. The summed E-state index contributed by atoms with van der Waals surface area (Å²) in [6.07, 6.45) is 14.4. The van der Waals surface area contributed by atoms with Gasteiger partial charge >= 0.3 is 0 Å². The molecule has 0 spiro atoms. The fourth-order valence-electron chi connectivity index (χ4n) is 4.78. The predicted molar refractivity (Wildman–Crippen MR) is 125 cm³/mol. The second-order valence-corrected chi connectivity index (χ2v) is 14.3. The van der Waals surface area contributed by atoms with Crippen LogP contribution in [-0.2, 0) is 0 Å². The quantitative estimate of drug-likeness (QED) is 0.185. The molecule has 0 heterocycles. The van der Waals surface area contributed by atoms with E-state index < -0.39 is 8.24 Å². The highest BCUT2D eigenvalue weighted by Crippen LogP contribution is 2.30. The third kappa shape index (κ3) is 15.3. The maximum atomic E-state index is 4.19. The maximum absolute atomic E-state index is 4.19. The number of hydrogen-bond acceptors (Lipinski definition) is 1. The second kappa shape index (κ2) is 16.2. The molecule has 2 heteroatoms. The van der Waals surface area contributed by atoms with Gasteiger partial charge in [0.15, 0.2) is 0 Å². The largest absolute Gasteiger partial charge is 0.337 e. The molecular weight excluding hydrogens is 330 g/mol. The van der Waals surface area contributed by atoms with Crippen molar-refractivity contribution in [1.82, 2.24) is 4.98 Å². The lowest BCUT2D eigenvalue weighted by atomic mass is 10.1. The fraction of sp³-hybridized carbons (Fsp3) is 1.00. The molecule has 26 heavy (non-hydrogen) atoms. The van der Waals surface area contributed by atoms with Gasteiger partial charge in [0.1, 0.15) is 8.24 Å². The fourth-order valence-corrected chi connectivity index (χ4v) is 11.1. The van der Waals surface area contributed by atoms with Crippen molar-refractivity contribution in [3.63, 3.8) is 0 Å². The Balaban J connectivity index is 4.08. The minimum absolute atomic E-state index is 0.833. The summed E-state index contributed by atoms with van der Waals surface area (Å²) in [6.45, 7) is 18.1. The molecule has 1 nitrogen and oxygen atoms in total. The summed E-state index contributed by atoms with van der Waals surface area (Å²) < 4.78 is 0. The van der Waals surface area contributed by atoms with Gasteiger partial charge in [-0.25, -0.2) is 0 Å². The van der Waals surface area contributed by atoms with Crippen LogP contribution < -0.4 is 4.98 Å². The van der Waals surface area contributed by atoms with Crippen molar-refractivity contribution in [2.75, 3.05) is 6.54 Å². The van der Waals surface area contributed by atoms with Crippen molar-refractivity contribution < 1.29 is 0 Å². The molecule has 1 N–H and O–H groups in total. The van der Waals surface area contributed by atoms with Crippen molar-refractivity contribution in [2.24, 2.45) is 17.8 Å². The standard InChI is InChI=1S/C24H53NSi/c1-8-9-10-11-12-13-14-15-16-17-18-25-26(19-22(2)3,20-23(4)5)21-24(6)7/h22-25H,8-21H2,1-7H3. The zero-order chi connectivity index (χ0) is 19.8. The van der Waals surface area contributed by atoms with E-state index >= 15 is 0 Å². The number of nitrogens with one attached hydrogen (secondary N) is 1. The highest BCUT2D eigenvalue weighted by Gasteiger charge is 2.34. The van der Waals surface area contributed by atoms with E-state index in [1.165, 1.54) is 88.9 Å². The van der Waals surface area contributed by atoms with Crippen molar-refractivity contribution in [2.45, 2.75) is 131 Å². The predicted octanol–water partition coefficient (Wildman–Crippen LogP) is 8.41. The Morgan fingerprint density at radius 1 is 0.538 bits per heavy atom. The summed E-state index contributed by atoms with van der Waals surface area (Å²) in [7, 11) is -1.33. The third-order valence-corrected chi connectivity index (χ3v) is 11.2. The van der Waals surface area contributed by atoms with Gasteiger partial charge in [0.05, 0.1) is 0 Å². The molecule has 0 aliphatic rings. The molecule has 0 unspecified atom stereocenters. The van der Waals surface area contributed by atoms with Crippen LogP contribution in [0.2, 0.25) is 18.1 Å². The molecule has 0 radical (unpaired) electrons. The van der Waals surface area contributed by atoms with Gasteiger partial charge in [0, 0.05) is 0 Å². The topological polar surface area (TPSA) is 12.0 Å². The van der Waals surface area contributed by atoms with Gasteiger partial charge in [-0.3, -0.25) is 0 Å². The van der Waals surface area contributed by atoms with Crippen LogP contribution in [0.3, 0.4) is 0 Å². The molecule has 0 saturated carbocycles. The lowest BCUT2D eigenvalue weighted by Gasteiger charge is -2.37. The van der Waals surface area contributed by atoms with Crippen LogP contribution in [0.25, 0.3) is 0 Å². The number of unbranched alkanes of at least 4 members (excludes halogenated alkanes) is 9. The molecule has 0 aromatic rings. The summed E-state index contributed by atoms with van der Waals surface area (Å²) in [4.78, 5) is 4.19. The van der Waals surface area contributed by atoms with E-state index in [4.69, 9.17) is 0 Å². The van der Waals surface area contributed by atoms with Gasteiger partial charge in [-0.05, 0) is 48.9 Å². The summed E-state index contributed by atoms with van der Waals surface area (Å²) >= 11 is 0. The van der Waals surface area contributed by atoms with E-state index in [1.54, 1.807) is 0 Å². The lowest BCUT2D eigenvalue weighted by molar-refractivity contribution is 0.551. The Kier molecular flexibility index (Phi) is 16.3. The maximum Gasteiger partial charge on any atom is 0.126 e. The van der Waals surface area contributed by atoms with Crippen molar-refractivity contribution in [1.29, 1.82) is 0 Å². The molecule has 0 rings (SSSR count). The summed E-state index contributed by atoms with van der Waals surface area (Å²) in [5.41, 5.74) is 0. The molecule has 0 atom stereocenters. The van der Waals surface area contributed by atoms with Gasteiger partial charge < -0.3 is 4.98 Å². The minimum atomic E-state index is -1.33. The Hall–Kier alpha value is 0.177. The zero-order valence-electron chi connectivity index (χ0n) is 19.6. The van der Waals surface area contributed by atoms with E-state index in [0.29, 0.717) is 0 Å². The van der Waals surface area contributed by atoms with E-state index in [2.05, 4.69) is 53.4 Å². The molecule has 0 aromatic heterocycles. The normalized spacial score (nSPS) is 12.7. The summed E-state index contributed by atoms with van der Waals surface area (Å²) in [6, 6.07) is 4.38. The van der Waals surface area contributed by atoms with Gasteiger partial charge in [-0.2, -0.15) is 0 Å². The average molecular weight is 384 g/mol. The van der Waals surface area contributed by atoms with Crippen molar-refractivity contribution >= 4 is 8.24 Å². The first kappa shape index (κ1) is 26.2. The average Bonchev–Trinajstić information content (AvgIpc) is 2.50. The SMILES string of the molecule is CCCCCCCCCCCCN[Si](CC(C)C)(CC(C)C)CC(C)C. The van der Waals surface area contributed by atoms with Crippen LogP contribution >= 0.6 is 0 Å². The van der Waals surface area contributed by atoms with Gasteiger partial charge in [-0.1, -0.05) is 106 Å². The molecule has 0 fully saturated rings. The molecule has 0 amide bonds. The van der Waals surface area contributed by atoms with E-state index in [0.717, 1.165) is 17.8 Å². The Morgan fingerprint density at radius 2 is 0.885 bits per heavy atom. The molecule has 158 valence electrons. The molecule has 0 aromatic carbocycles. The monoisotopic (exact) mass is 383 g/mol. The first-order valence-electron chi connectivity index (χ1n) is 12.1. The summed E-state index contributed by atoms with van der Waals surface area (Å²) in [5, 5.41) is 0. The highest BCUT2D eigenvalue weighted by atomic mass is 28.3. The smallest absolute Gasteiger partial charge is 0.126 e. The summed E-state index contributed by atoms with van der Waals surface area (Å²) in [5.74, 6) is 2.50. The third-order valence-electron chi connectivity index (χ3n) is 5.43. The van der Waals surface area contributed by atoms with Crippen LogP contribution in [0, 0.1) is 17.8 Å². The Bertz CT molecular complexity index is 272. The molecule has 0 aliphatic heterocycles. The van der Waals surface area contributed by atoms with Crippen LogP contribution in [0.5, 0.6) is 0 Å². The van der Waals surface area contributed by atoms with Gasteiger partial charge in [0.25, 0.3) is 0 Å². The molecule has 0 bridgehead atoms. The molecular formula is C24H53NSi. The number of rotatable bonds is 18. The van der Waals surface area contributed by atoms with E-state index in [1.807, 2.05) is 0 Å². The van der Waals surface area contributed by atoms with Crippen LogP contribution in [0.15, 0.2) is 0 Å². The van der Waals surface area contributed by atoms with Gasteiger partial charge in [0.2, 0.25) is 0 Å². The lowest BCUT2D eigenvalue weighted by Crippen LogP contribution is -2.53. The van der Waals surface area contributed by atoms with Crippen molar-refractivity contribution in [3.8, 4) is 0 Å². The minimum Gasteiger partial charge on any atom is -0.337 e. The number of hydrogen-bond donors (Lipinski definition) is 1. The van der Waals surface area contributed by atoms with E-state index in [9.17, 15) is 0 Å². The Labute approximate surface area is 168 Å². The zero-order valence-corrected chi connectivity index (χ0v) is 20.6. The van der Waals surface area contributed by atoms with Crippen LogP contribution in [0.1, 0.15) is 113 Å². The Morgan fingerprint density at radius 3 is 1.23 bits per heavy atom. The first-order chi connectivity index (χ1) is 12.3. The van der Waals surface area contributed by atoms with Crippen LogP contribution in [-0.4, -0.2) is 14.8 Å². The van der Waals surface area contributed by atoms with Crippen LogP contribution in [0.4, 0.5) is 0 Å². The van der Waals surface area contributed by atoms with Gasteiger partial charge in [-0.15, -0.1) is 0 Å². The van der Waals surface area contributed by atoms with E-state index in [-0.39, 0.29) is 0 Å². The van der Waals surface area contributed by atoms with Crippen molar-refractivity contribution in [3.05, 3.63) is 0 Å². The highest BCUT2D eigenvalue weighted by molar-refractivity contribution is 6.77. The first-order valence-corrected chi connectivity index (χ1v) is 14.7. The molecule has 0 saturated heterocycles. The molecule has 0 aliphatic carbocycles.